The van der Waals surface area contributed by atoms with Crippen molar-refractivity contribution < 1.29 is 9.59 Å². The van der Waals surface area contributed by atoms with Gasteiger partial charge in [0.05, 0.1) is 0 Å². The first-order valence-electron chi connectivity index (χ1n) is 9.53. The molecular weight excluding hydrogens is 350 g/mol. The molecule has 0 bridgehead atoms. The van der Waals surface area contributed by atoms with Crippen molar-refractivity contribution in [2.75, 3.05) is 19.6 Å². The van der Waals surface area contributed by atoms with Gasteiger partial charge in [0.25, 0.3) is 5.91 Å². The van der Waals surface area contributed by atoms with Crippen molar-refractivity contribution in [3.63, 3.8) is 0 Å². The summed E-state index contributed by atoms with van der Waals surface area (Å²) < 4.78 is 0. The molecule has 0 aliphatic carbocycles. The minimum atomic E-state index is 0. The van der Waals surface area contributed by atoms with Crippen molar-refractivity contribution in [3.8, 4) is 0 Å². The highest BCUT2D eigenvalue weighted by molar-refractivity contribution is 5.94. The van der Waals surface area contributed by atoms with E-state index in [-0.39, 0.29) is 30.1 Å². The summed E-state index contributed by atoms with van der Waals surface area (Å²) in [7, 11) is 0. The molecule has 0 saturated carbocycles. The molecule has 0 radical (unpaired) electrons. The van der Waals surface area contributed by atoms with Crippen LogP contribution in [-0.4, -0.2) is 42.4 Å². The highest BCUT2D eigenvalue weighted by atomic mass is 35.5. The van der Waals surface area contributed by atoms with Gasteiger partial charge in [0.15, 0.2) is 0 Å². The van der Waals surface area contributed by atoms with E-state index in [0.29, 0.717) is 12.6 Å². The van der Waals surface area contributed by atoms with Gasteiger partial charge in [0.1, 0.15) is 0 Å². The first kappa shape index (κ1) is 20.7. The van der Waals surface area contributed by atoms with Gasteiger partial charge in [0.2, 0.25) is 5.91 Å². The second-order valence-electron chi connectivity index (χ2n) is 7.34. The summed E-state index contributed by atoms with van der Waals surface area (Å²) in [4.78, 5) is 26.7. The molecule has 144 valence electrons. The van der Waals surface area contributed by atoms with Gasteiger partial charge in [-0.1, -0.05) is 12.1 Å². The zero-order valence-electron chi connectivity index (χ0n) is 15.5. The molecule has 2 N–H and O–H groups in total. The van der Waals surface area contributed by atoms with Gasteiger partial charge in [-0.3, -0.25) is 9.59 Å². The Hall–Kier alpha value is -1.59. The number of carbonyl (C=O) groups excluding carboxylic acids is 2. The summed E-state index contributed by atoms with van der Waals surface area (Å²) in [5.41, 5.74) is 1.77. The molecular formula is C20H30ClN3O2. The van der Waals surface area contributed by atoms with E-state index in [1.165, 1.54) is 6.42 Å². The van der Waals surface area contributed by atoms with Crippen LogP contribution in [0, 0.1) is 5.92 Å². The third-order valence-corrected chi connectivity index (χ3v) is 5.31. The molecule has 2 aliphatic heterocycles. The molecule has 1 aromatic carbocycles. The molecule has 6 heteroatoms. The predicted octanol–water partition coefficient (Wildman–Crippen LogP) is 2.74. The van der Waals surface area contributed by atoms with Gasteiger partial charge < -0.3 is 15.5 Å². The first-order valence-corrected chi connectivity index (χ1v) is 9.53. The third kappa shape index (κ3) is 5.45. The first-order chi connectivity index (χ1) is 12.1. The third-order valence-electron chi connectivity index (χ3n) is 5.31. The molecule has 0 aromatic heterocycles. The van der Waals surface area contributed by atoms with Crippen LogP contribution in [-0.2, 0) is 11.3 Å². The minimum Gasteiger partial charge on any atom is -0.352 e. The van der Waals surface area contributed by atoms with E-state index in [1.54, 1.807) is 0 Å². The molecule has 3 rings (SSSR count). The smallest absolute Gasteiger partial charge is 0.253 e. The van der Waals surface area contributed by atoms with Gasteiger partial charge in [0, 0.05) is 37.2 Å². The second kappa shape index (κ2) is 9.93. The van der Waals surface area contributed by atoms with Crippen molar-refractivity contribution in [1.82, 2.24) is 15.5 Å². The van der Waals surface area contributed by atoms with Crippen LogP contribution in [0.2, 0.25) is 0 Å². The zero-order valence-corrected chi connectivity index (χ0v) is 16.3. The number of nitrogens with zero attached hydrogens (tertiary/aromatic N) is 1. The zero-order chi connectivity index (χ0) is 17.6. The maximum Gasteiger partial charge on any atom is 0.253 e. The molecule has 2 amide bonds. The summed E-state index contributed by atoms with van der Waals surface area (Å²) in [5.74, 6) is 0.372. The highest BCUT2D eigenvalue weighted by Crippen LogP contribution is 2.17. The van der Waals surface area contributed by atoms with Crippen LogP contribution in [0.5, 0.6) is 0 Å². The van der Waals surface area contributed by atoms with Gasteiger partial charge in [-0.15, -0.1) is 12.4 Å². The Morgan fingerprint density at radius 1 is 1.15 bits per heavy atom. The van der Waals surface area contributed by atoms with E-state index in [2.05, 4.69) is 17.6 Å². The summed E-state index contributed by atoms with van der Waals surface area (Å²) in [6.07, 6.45) is 5.23. The maximum absolute atomic E-state index is 12.5. The number of rotatable bonds is 4. The Kier molecular flexibility index (Phi) is 7.91. The quantitative estimate of drug-likeness (QED) is 0.845. The Balaban J connectivity index is 0.00000243. The van der Waals surface area contributed by atoms with Crippen LogP contribution in [0.15, 0.2) is 24.3 Å². The monoisotopic (exact) mass is 379 g/mol. The van der Waals surface area contributed by atoms with Crippen molar-refractivity contribution in [2.24, 2.45) is 5.92 Å². The van der Waals surface area contributed by atoms with E-state index in [9.17, 15) is 9.59 Å². The van der Waals surface area contributed by atoms with Gasteiger partial charge in [-0.25, -0.2) is 0 Å². The van der Waals surface area contributed by atoms with Gasteiger partial charge in [-0.2, -0.15) is 0 Å². The van der Waals surface area contributed by atoms with Crippen LogP contribution >= 0.6 is 12.4 Å². The fraction of sp³-hybridized carbons (Fsp3) is 0.600. The van der Waals surface area contributed by atoms with E-state index in [1.807, 2.05) is 29.2 Å². The molecule has 2 heterocycles. The summed E-state index contributed by atoms with van der Waals surface area (Å²) in [6.45, 7) is 5.29. The fourth-order valence-corrected chi connectivity index (χ4v) is 3.75. The maximum atomic E-state index is 12.5. The predicted molar refractivity (Wildman–Crippen MR) is 105 cm³/mol. The number of hydrogen-bond donors (Lipinski definition) is 2. The van der Waals surface area contributed by atoms with Crippen molar-refractivity contribution in [2.45, 2.75) is 51.6 Å². The largest absolute Gasteiger partial charge is 0.352 e. The highest BCUT2D eigenvalue weighted by Gasteiger charge is 2.24. The lowest BCUT2D eigenvalue weighted by Crippen LogP contribution is -2.42. The van der Waals surface area contributed by atoms with Crippen LogP contribution in [0.1, 0.15) is 54.9 Å². The molecule has 1 aromatic rings. The lowest BCUT2D eigenvalue weighted by atomic mass is 9.92. The van der Waals surface area contributed by atoms with Gasteiger partial charge >= 0.3 is 0 Å². The molecule has 0 unspecified atom stereocenters. The normalized spacial score (nSPS) is 23.0. The number of likely N-dealkylation sites (tertiary alicyclic amines) is 1. The minimum absolute atomic E-state index is 0. The lowest BCUT2D eigenvalue weighted by molar-refractivity contribution is -0.126. The summed E-state index contributed by atoms with van der Waals surface area (Å²) in [6, 6.07) is 8.06. The van der Waals surface area contributed by atoms with Crippen LogP contribution in [0.3, 0.4) is 0 Å². The molecule has 5 nitrogen and oxygen atoms in total. The molecule has 0 spiro atoms. The number of carbonyl (C=O) groups is 2. The number of benzene rings is 1. The molecule has 2 fully saturated rings. The number of hydrogen-bond acceptors (Lipinski definition) is 3. The Morgan fingerprint density at radius 2 is 1.85 bits per heavy atom. The van der Waals surface area contributed by atoms with E-state index < -0.39 is 0 Å². The van der Waals surface area contributed by atoms with Crippen molar-refractivity contribution in [1.29, 1.82) is 0 Å². The number of halogens is 1. The Labute approximate surface area is 162 Å². The molecule has 2 atom stereocenters. The van der Waals surface area contributed by atoms with Crippen LogP contribution in [0.4, 0.5) is 0 Å². The molecule has 2 saturated heterocycles. The Bertz CT molecular complexity index is 600. The average molecular weight is 380 g/mol. The topological polar surface area (TPSA) is 61.4 Å². The van der Waals surface area contributed by atoms with Crippen LogP contribution in [0.25, 0.3) is 0 Å². The fourth-order valence-electron chi connectivity index (χ4n) is 3.75. The van der Waals surface area contributed by atoms with E-state index in [4.69, 9.17) is 0 Å². The average Bonchev–Trinajstić information content (AvgIpc) is 2.66. The van der Waals surface area contributed by atoms with Gasteiger partial charge in [-0.05, 0) is 63.3 Å². The lowest BCUT2D eigenvalue weighted by Gasteiger charge is -2.27. The standard InChI is InChI=1S/C20H29N3O2.ClH/c1-15-13-18(9-10-21-15)19(24)22-14-16-5-7-17(8-6-16)20(25)23-11-3-2-4-12-23;/h5-8,15,18,21H,2-4,9-14H2,1H3,(H,22,24);1H/t15-,18-;/m0./s1. The molecule has 26 heavy (non-hydrogen) atoms. The van der Waals surface area contributed by atoms with Crippen molar-refractivity contribution >= 4 is 24.2 Å². The number of nitrogens with one attached hydrogen (secondary N) is 2. The second-order valence-corrected chi connectivity index (χ2v) is 7.34. The van der Waals surface area contributed by atoms with E-state index >= 15 is 0 Å². The Morgan fingerprint density at radius 3 is 2.50 bits per heavy atom. The number of amides is 2. The summed E-state index contributed by atoms with van der Waals surface area (Å²) >= 11 is 0. The van der Waals surface area contributed by atoms with Crippen molar-refractivity contribution in [3.05, 3.63) is 35.4 Å². The summed E-state index contributed by atoms with van der Waals surface area (Å²) in [5, 5.41) is 6.41. The number of piperidine rings is 2. The molecule has 2 aliphatic rings. The van der Waals surface area contributed by atoms with Crippen LogP contribution < -0.4 is 10.6 Å². The SMILES string of the molecule is C[C@H]1C[C@@H](C(=O)NCc2ccc(C(=O)N3CCCCC3)cc2)CCN1.Cl. The van der Waals surface area contributed by atoms with E-state index in [0.717, 1.165) is 56.4 Å².